The maximum absolute atomic E-state index is 13.7. The van der Waals surface area contributed by atoms with Crippen LogP contribution in [0.5, 0.6) is 17.2 Å². The Morgan fingerprint density at radius 1 is 1.00 bits per heavy atom. The van der Waals surface area contributed by atoms with Gasteiger partial charge < -0.3 is 24.6 Å². The van der Waals surface area contributed by atoms with E-state index in [1.54, 1.807) is 54.6 Å². The molecule has 2 N–H and O–H groups in total. The van der Waals surface area contributed by atoms with Gasteiger partial charge >= 0.3 is 6.16 Å². The smallest absolute Gasteiger partial charge is 0.493 e. The van der Waals surface area contributed by atoms with Crippen molar-refractivity contribution in [3.8, 4) is 28.5 Å². The number of carbonyl (C=O) groups is 2. The molecule has 0 aliphatic carbocycles. The van der Waals surface area contributed by atoms with Crippen LogP contribution < -0.4 is 14.8 Å². The third-order valence-corrected chi connectivity index (χ3v) is 6.36. The number of carboxylic acid groups (broad SMARTS) is 1. The fourth-order valence-electron chi connectivity index (χ4n) is 3.88. The van der Waals surface area contributed by atoms with Crippen LogP contribution in [0.3, 0.4) is 0 Å². The van der Waals surface area contributed by atoms with E-state index in [0.717, 1.165) is 0 Å². The second-order valence-corrected chi connectivity index (χ2v) is 9.16. The maximum atomic E-state index is 13.7. The van der Waals surface area contributed by atoms with Gasteiger partial charge in [-0.15, -0.1) is 10.2 Å². The average Bonchev–Trinajstić information content (AvgIpc) is 2.92. The van der Waals surface area contributed by atoms with Crippen molar-refractivity contribution in [2.24, 2.45) is 0 Å². The first-order chi connectivity index (χ1) is 18.8. The van der Waals surface area contributed by atoms with Crippen LogP contribution in [0.2, 0.25) is 10.0 Å². The molecule has 0 spiro atoms. The van der Waals surface area contributed by atoms with Gasteiger partial charge in [0.15, 0.2) is 5.82 Å². The minimum absolute atomic E-state index is 0.00744. The van der Waals surface area contributed by atoms with Gasteiger partial charge in [-0.05, 0) is 54.6 Å². The number of amides is 1. The van der Waals surface area contributed by atoms with Gasteiger partial charge in [0.05, 0.1) is 22.3 Å². The molecule has 1 atom stereocenters. The fourth-order valence-corrected chi connectivity index (χ4v) is 4.21. The molecule has 0 bridgehead atoms. The number of anilines is 1. The van der Waals surface area contributed by atoms with Crippen molar-refractivity contribution in [2.75, 3.05) is 11.9 Å². The second kappa shape index (κ2) is 11.1. The Morgan fingerprint density at radius 3 is 2.49 bits per heavy atom. The van der Waals surface area contributed by atoms with Gasteiger partial charge in [-0.1, -0.05) is 29.3 Å². The van der Waals surface area contributed by atoms with Crippen LogP contribution in [-0.4, -0.2) is 34.0 Å². The van der Waals surface area contributed by atoms with E-state index < -0.39 is 24.0 Å². The zero-order chi connectivity index (χ0) is 27.5. The highest BCUT2D eigenvalue weighted by atomic mass is 35.5. The van der Waals surface area contributed by atoms with Gasteiger partial charge in [0.1, 0.15) is 29.2 Å². The number of hydrogen-bond donors (Lipinski definition) is 2. The van der Waals surface area contributed by atoms with Gasteiger partial charge in [-0.2, -0.15) is 0 Å². The summed E-state index contributed by atoms with van der Waals surface area (Å²) in [7, 11) is 0. The Kier molecular flexibility index (Phi) is 7.49. The third-order valence-electron chi connectivity index (χ3n) is 5.76. The van der Waals surface area contributed by atoms with Crippen molar-refractivity contribution >= 4 is 41.1 Å². The number of nitrogens with zero attached hydrogens (tertiary/aromatic N) is 2. The van der Waals surface area contributed by atoms with Crippen LogP contribution in [0.1, 0.15) is 28.4 Å². The van der Waals surface area contributed by atoms with Crippen molar-refractivity contribution in [2.45, 2.75) is 12.5 Å². The second-order valence-electron chi connectivity index (χ2n) is 8.34. The molecule has 0 saturated heterocycles. The average molecular weight is 570 g/mol. The molecule has 1 amide bonds. The van der Waals surface area contributed by atoms with Crippen LogP contribution in [0.25, 0.3) is 11.3 Å². The van der Waals surface area contributed by atoms with Crippen molar-refractivity contribution < 1.29 is 33.3 Å². The molecule has 0 fully saturated rings. The van der Waals surface area contributed by atoms with Crippen molar-refractivity contribution in [3.05, 3.63) is 93.7 Å². The number of benzene rings is 3. The van der Waals surface area contributed by atoms with Crippen LogP contribution in [-0.2, 0) is 4.74 Å². The Hall–Kier alpha value is -4.41. The van der Waals surface area contributed by atoms with Crippen LogP contribution in [0, 0.1) is 5.82 Å². The number of fused-ring (bicyclic) bond motifs is 1. The Bertz CT molecular complexity index is 1550. The molecule has 12 heteroatoms. The number of aromatic nitrogens is 2. The van der Waals surface area contributed by atoms with E-state index in [1.807, 2.05) is 0 Å². The van der Waals surface area contributed by atoms with Gasteiger partial charge in [-0.25, -0.2) is 9.18 Å². The Balaban J connectivity index is 1.24. The number of hydrogen-bond acceptors (Lipinski definition) is 7. The largest absolute Gasteiger partial charge is 0.506 e. The number of ether oxygens (including phenoxy) is 3. The lowest BCUT2D eigenvalue weighted by atomic mass is 10.0. The Labute approximate surface area is 231 Å². The zero-order valence-electron chi connectivity index (χ0n) is 19.9. The quantitative estimate of drug-likeness (QED) is 0.235. The lowest BCUT2D eigenvalue weighted by Gasteiger charge is -2.25. The lowest BCUT2D eigenvalue weighted by molar-refractivity contribution is 0.0326. The van der Waals surface area contributed by atoms with E-state index in [1.165, 1.54) is 12.1 Å². The summed E-state index contributed by atoms with van der Waals surface area (Å²) < 4.78 is 30.1. The molecule has 0 saturated carbocycles. The number of nitrogens with one attached hydrogen (secondary N) is 1. The molecule has 1 aliphatic rings. The molecule has 3 aromatic carbocycles. The predicted octanol–water partition coefficient (Wildman–Crippen LogP) is 7.15. The summed E-state index contributed by atoms with van der Waals surface area (Å²) in [4.78, 5) is 23.6. The molecule has 1 aliphatic heterocycles. The van der Waals surface area contributed by atoms with E-state index in [0.29, 0.717) is 46.1 Å². The summed E-state index contributed by atoms with van der Waals surface area (Å²) in [6.07, 6.45) is -1.69. The molecule has 198 valence electrons. The fraction of sp³-hybridized carbons (Fsp3) is 0.111. The standard InChI is InChI=1S/C27H18Cl2FN3O6/c28-18-6-3-15(11-20(18)30)21-7-8-25(33-32-21)31-26(34)14-1-4-16(5-2-14)38-24-13-23-17(12-19(24)29)22(9-10-37-23)39-27(35)36/h1-8,11-13,22H,9-10H2,(H,35,36)(H,31,33,34). The van der Waals surface area contributed by atoms with Crippen LogP contribution in [0.4, 0.5) is 15.0 Å². The summed E-state index contributed by atoms with van der Waals surface area (Å²) in [6, 6.07) is 16.9. The lowest BCUT2D eigenvalue weighted by Crippen LogP contribution is -2.18. The molecule has 39 heavy (non-hydrogen) atoms. The molecule has 0 radical (unpaired) electrons. The number of carbonyl (C=O) groups excluding carboxylic acids is 1. The topological polar surface area (TPSA) is 120 Å². The molecule has 5 rings (SSSR count). The SMILES string of the molecule is O=C(O)OC1CCOc2cc(Oc3ccc(C(=O)Nc4ccc(-c5ccc(Cl)c(F)c5)nn4)cc3)c(Cl)cc21. The van der Waals surface area contributed by atoms with Crippen LogP contribution in [0.15, 0.2) is 66.7 Å². The normalized spacial score (nSPS) is 14.1. The predicted molar refractivity (Wildman–Crippen MR) is 140 cm³/mol. The van der Waals surface area contributed by atoms with E-state index in [4.69, 9.17) is 42.5 Å². The van der Waals surface area contributed by atoms with Crippen molar-refractivity contribution in [1.29, 1.82) is 0 Å². The monoisotopic (exact) mass is 569 g/mol. The summed E-state index contributed by atoms with van der Waals surface area (Å²) in [6.45, 7) is 0.280. The van der Waals surface area contributed by atoms with Crippen molar-refractivity contribution in [3.63, 3.8) is 0 Å². The molecule has 1 unspecified atom stereocenters. The summed E-state index contributed by atoms with van der Waals surface area (Å²) in [5.74, 6) is 0.329. The molecule has 9 nitrogen and oxygen atoms in total. The first-order valence-corrected chi connectivity index (χ1v) is 12.3. The van der Waals surface area contributed by atoms with Gasteiger partial charge in [0, 0.05) is 29.2 Å². The van der Waals surface area contributed by atoms with Gasteiger partial charge in [0.2, 0.25) is 0 Å². The first kappa shape index (κ1) is 26.2. The minimum atomic E-state index is -1.38. The summed E-state index contributed by atoms with van der Waals surface area (Å²) in [5, 5.41) is 19.9. The number of rotatable bonds is 6. The maximum Gasteiger partial charge on any atom is 0.506 e. The van der Waals surface area contributed by atoms with E-state index in [-0.39, 0.29) is 22.5 Å². The zero-order valence-corrected chi connectivity index (χ0v) is 21.4. The first-order valence-electron chi connectivity index (χ1n) is 11.5. The minimum Gasteiger partial charge on any atom is -0.493 e. The third kappa shape index (κ3) is 6.02. The molecule has 1 aromatic heterocycles. The van der Waals surface area contributed by atoms with Crippen molar-refractivity contribution in [1.82, 2.24) is 10.2 Å². The Morgan fingerprint density at radius 2 is 1.79 bits per heavy atom. The van der Waals surface area contributed by atoms with E-state index >= 15 is 0 Å². The molecular weight excluding hydrogens is 552 g/mol. The highest BCUT2D eigenvalue weighted by Crippen LogP contribution is 2.42. The van der Waals surface area contributed by atoms with E-state index in [2.05, 4.69) is 15.5 Å². The summed E-state index contributed by atoms with van der Waals surface area (Å²) in [5.41, 5.74) is 1.77. The molecule has 4 aromatic rings. The molecule has 2 heterocycles. The summed E-state index contributed by atoms with van der Waals surface area (Å²) >= 11 is 12.1. The van der Waals surface area contributed by atoms with Gasteiger partial charge in [0.25, 0.3) is 5.91 Å². The van der Waals surface area contributed by atoms with E-state index in [9.17, 15) is 14.0 Å². The van der Waals surface area contributed by atoms with Gasteiger partial charge in [-0.3, -0.25) is 4.79 Å². The highest BCUT2D eigenvalue weighted by Gasteiger charge is 2.27. The molecular formula is C27H18Cl2FN3O6. The number of halogens is 3. The van der Waals surface area contributed by atoms with Crippen LogP contribution >= 0.6 is 23.2 Å². The highest BCUT2D eigenvalue weighted by molar-refractivity contribution is 6.32.